The van der Waals surface area contributed by atoms with E-state index in [1.54, 1.807) is 11.0 Å². The number of amides is 1. The number of nitrogens with zero attached hydrogens (tertiary/aromatic N) is 4. The van der Waals surface area contributed by atoms with Crippen molar-refractivity contribution in [3.63, 3.8) is 0 Å². The largest absolute Gasteiger partial charge is 0.361 e. The molecule has 2 aromatic carbocycles. The van der Waals surface area contributed by atoms with Gasteiger partial charge in [-0.05, 0) is 58.3 Å². The van der Waals surface area contributed by atoms with Crippen LogP contribution < -0.4 is 5.32 Å². The van der Waals surface area contributed by atoms with Crippen LogP contribution in [0.1, 0.15) is 23.5 Å². The normalized spacial score (nSPS) is 12.2. The summed E-state index contributed by atoms with van der Waals surface area (Å²) in [5.41, 5.74) is 3.16. The smallest absolute Gasteiger partial charge is 0.220 e. The fraction of sp³-hybridized carbons (Fsp3) is 0.238. The molecule has 4 rings (SSSR count). The van der Waals surface area contributed by atoms with Gasteiger partial charge in [-0.15, -0.1) is 5.10 Å². The lowest BCUT2D eigenvalue weighted by Gasteiger charge is -2.17. The van der Waals surface area contributed by atoms with Gasteiger partial charge in [0, 0.05) is 46.0 Å². The Balaban J connectivity index is 1.38. The molecule has 0 bridgehead atoms. The van der Waals surface area contributed by atoms with E-state index in [1.165, 1.54) is 0 Å². The Hall–Kier alpha value is -2.90. The van der Waals surface area contributed by atoms with E-state index >= 15 is 0 Å². The van der Waals surface area contributed by atoms with E-state index in [0.717, 1.165) is 22.0 Å². The first-order valence-corrected chi connectivity index (χ1v) is 10.3. The highest BCUT2D eigenvalue weighted by Gasteiger charge is 2.18. The minimum Gasteiger partial charge on any atom is -0.361 e. The molecule has 2 heterocycles. The number of carbonyl (C=O) groups is 1. The molecule has 7 nitrogen and oxygen atoms in total. The molecule has 0 fully saturated rings. The van der Waals surface area contributed by atoms with Gasteiger partial charge in [0.2, 0.25) is 5.91 Å². The van der Waals surface area contributed by atoms with E-state index in [2.05, 4.69) is 25.8 Å². The molecular weight excluding hydrogens is 423 g/mol. The number of aromatic nitrogens is 5. The van der Waals surface area contributed by atoms with E-state index < -0.39 is 0 Å². The number of benzene rings is 2. The summed E-state index contributed by atoms with van der Waals surface area (Å²) in [5, 5.41) is 16.7. The summed E-state index contributed by atoms with van der Waals surface area (Å²) in [6.07, 6.45) is 4.54. The van der Waals surface area contributed by atoms with Gasteiger partial charge in [0.05, 0.1) is 6.54 Å². The van der Waals surface area contributed by atoms with Gasteiger partial charge in [-0.1, -0.05) is 35.3 Å². The van der Waals surface area contributed by atoms with Crippen LogP contribution in [0, 0.1) is 0 Å². The lowest BCUT2D eigenvalue weighted by molar-refractivity contribution is -0.121. The van der Waals surface area contributed by atoms with Crippen molar-refractivity contribution in [2.24, 2.45) is 0 Å². The Morgan fingerprint density at radius 3 is 2.70 bits per heavy atom. The number of halogens is 2. The zero-order valence-electron chi connectivity index (χ0n) is 16.1. The Morgan fingerprint density at radius 1 is 1.13 bits per heavy atom. The number of fused-ring (bicyclic) bond motifs is 1. The first kappa shape index (κ1) is 20.4. The highest BCUT2D eigenvalue weighted by atomic mass is 35.5. The molecule has 1 unspecified atom stereocenters. The topological polar surface area (TPSA) is 88.5 Å². The standard InChI is InChI=1S/C21H20Cl2N6O/c22-17-3-1-14(2-4-17)16(12-29-13-26-27-28-29)9-21(30)24-8-7-15-11-25-20-6-5-18(23)10-19(15)20/h1-6,10-11,13,16,25H,7-9,12H2,(H,24,30). The summed E-state index contributed by atoms with van der Waals surface area (Å²) >= 11 is 12.1. The molecule has 0 aliphatic carbocycles. The maximum atomic E-state index is 12.6. The Morgan fingerprint density at radius 2 is 1.93 bits per heavy atom. The second-order valence-corrected chi connectivity index (χ2v) is 7.96. The number of carbonyl (C=O) groups excluding carboxylic acids is 1. The molecule has 30 heavy (non-hydrogen) atoms. The summed E-state index contributed by atoms with van der Waals surface area (Å²) < 4.78 is 1.63. The van der Waals surface area contributed by atoms with Crippen molar-refractivity contribution >= 4 is 40.0 Å². The minimum atomic E-state index is -0.0716. The summed E-state index contributed by atoms with van der Waals surface area (Å²) in [6.45, 7) is 1.04. The summed E-state index contributed by atoms with van der Waals surface area (Å²) in [6, 6.07) is 13.3. The molecule has 0 saturated carbocycles. The zero-order chi connectivity index (χ0) is 20.9. The average Bonchev–Trinajstić information content (AvgIpc) is 3.38. The Labute approximate surface area is 183 Å². The molecule has 1 amide bonds. The lowest BCUT2D eigenvalue weighted by Crippen LogP contribution is -2.28. The van der Waals surface area contributed by atoms with E-state index in [0.29, 0.717) is 36.0 Å². The number of H-pyrrole nitrogens is 1. The third-order valence-corrected chi connectivity index (χ3v) is 5.51. The van der Waals surface area contributed by atoms with E-state index in [4.69, 9.17) is 23.2 Å². The molecule has 4 aromatic rings. The maximum Gasteiger partial charge on any atom is 0.220 e. The molecule has 0 saturated heterocycles. The third kappa shape index (κ3) is 4.98. The van der Waals surface area contributed by atoms with Crippen molar-refractivity contribution in [2.45, 2.75) is 25.3 Å². The number of nitrogens with one attached hydrogen (secondary N) is 2. The predicted molar refractivity (Wildman–Crippen MR) is 117 cm³/mol. The zero-order valence-corrected chi connectivity index (χ0v) is 17.6. The van der Waals surface area contributed by atoms with Crippen molar-refractivity contribution in [3.8, 4) is 0 Å². The predicted octanol–water partition coefficient (Wildman–Crippen LogP) is 3.99. The summed E-state index contributed by atoms with van der Waals surface area (Å²) in [5.74, 6) is -0.0986. The Bertz CT molecular complexity index is 1120. The van der Waals surface area contributed by atoms with E-state index in [-0.39, 0.29) is 11.8 Å². The first-order valence-electron chi connectivity index (χ1n) is 9.57. The SMILES string of the molecule is O=C(CC(Cn1cnnn1)c1ccc(Cl)cc1)NCCc1c[nH]c2ccc(Cl)cc12. The van der Waals surface area contributed by atoms with Crippen LogP contribution in [0.15, 0.2) is 55.0 Å². The molecule has 0 aliphatic rings. The second-order valence-electron chi connectivity index (χ2n) is 7.09. The van der Waals surface area contributed by atoms with Crippen molar-refractivity contribution in [1.29, 1.82) is 0 Å². The molecule has 2 aromatic heterocycles. The second kappa shape index (κ2) is 9.28. The highest BCUT2D eigenvalue weighted by Crippen LogP contribution is 2.24. The molecular formula is C21H20Cl2N6O. The molecule has 2 N–H and O–H groups in total. The van der Waals surface area contributed by atoms with Crippen LogP contribution in [0.25, 0.3) is 10.9 Å². The Kier molecular flexibility index (Phi) is 6.30. The van der Waals surface area contributed by atoms with Crippen LogP contribution in [0.3, 0.4) is 0 Å². The average molecular weight is 443 g/mol. The van der Waals surface area contributed by atoms with Crippen molar-refractivity contribution < 1.29 is 4.79 Å². The fourth-order valence-corrected chi connectivity index (χ4v) is 3.80. The van der Waals surface area contributed by atoms with Gasteiger partial charge in [0.25, 0.3) is 0 Å². The molecule has 154 valence electrons. The summed E-state index contributed by atoms with van der Waals surface area (Å²) in [4.78, 5) is 15.9. The number of tetrazole rings is 1. The van der Waals surface area contributed by atoms with Gasteiger partial charge < -0.3 is 10.3 Å². The van der Waals surface area contributed by atoms with Gasteiger partial charge in [0.15, 0.2) is 0 Å². The summed E-state index contributed by atoms with van der Waals surface area (Å²) in [7, 11) is 0. The number of hydrogen-bond acceptors (Lipinski definition) is 4. The van der Waals surface area contributed by atoms with Gasteiger partial charge in [0.1, 0.15) is 6.33 Å². The molecule has 0 spiro atoms. The van der Waals surface area contributed by atoms with Crippen molar-refractivity contribution in [3.05, 3.63) is 76.2 Å². The van der Waals surface area contributed by atoms with Crippen LogP contribution in [-0.2, 0) is 17.8 Å². The molecule has 0 aliphatic heterocycles. The fourth-order valence-electron chi connectivity index (χ4n) is 3.50. The molecule has 1 atom stereocenters. The minimum absolute atomic E-state index is 0.0269. The number of rotatable bonds is 8. The quantitative estimate of drug-likeness (QED) is 0.431. The number of aromatic amines is 1. The number of hydrogen-bond donors (Lipinski definition) is 2. The molecule has 0 radical (unpaired) electrons. The van der Waals surface area contributed by atoms with Crippen molar-refractivity contribution in [2.75, 3.05) is 6.54 Å². The monoisotopic (exact) mass is 442 g/mol. The van der Waals surface area contributed by atoms with Crippen molar-refractivity contribution in [1.82, 2.24) is 30.5 Å². The molecule has 9 heteroatoms. The van der Waals surface area contributed by atoms with Crippen LogP contribution in [0.2, 0.25) is 10.0 Å². The first-order chi connectivity index (χ1) is 14.6. The van der Waals surface area contributed by atoms with E-state index in [9.17, 15) is 4.79 Å². The van der Waals surface area contributed by atoms with Crippen LogP contribution in [0.4, 0.5) is 0 Å². The van der Waals surface area contributed by atoms with Gasteiger partial charge in [-0.2, -0.15) is 0 Å². The van der Waals surface area contributed by atoms with Gasteiger partial charge in [-0.3, -0.25) is 4.79 Å². The van der Waals surface area contributed by atoms with Gasteiger partial charge >= 0.3 is 0 Å². The van der Waals surface area contributed by atoms with Crippen LogP contribution >= 0.6 is 23.2 Å². The van der Waals surface area contributed by atoms with Crippen LogP contribution in [-0.4, -0.2) is 37.6 Å². The third-order valence-electron chi connectivity index (χ3n) is 5.02. The van der Waals surface area contributed by atoms with E-state index in [1.807, 2.05) is 48.7 Å². The lowest BCUT2D eigenvalue weighted by atomic mass is 9.95. The maximum absolute atomic E-state index is 12.6. The highest BCUT2D eigenvalue weighted by molar-refractivity contribution is 6.31. The van der Waals surface area contributed by atoms with Crippen LogP contribution in [0.5, 0.6) is 0 Å². The van der Waals surface area contributed by atoms with Gasteiger partial charge in [-0.25, -0.2) is 4.68 Å².